The number of ether oxygens (including phenoxy) is 2. The fourth-order valence-electron chi connectivity index (χ4n) is 2.38. The summed E-state index contributed by atoms with van der Waals surface area (Å²) in [5.41, 5.74) is 1.53. The van der Waals surface area contributed by atoms with Gasteiger partial charge in [0, 0.05) is 11.8 Å². The number of carbonyl (C=O) groups is 2. The first-order chi connectivity index (χ1) is 12.5. The van der Waals surface area contributed by atoms with Crippen LogP contribution < -0.4 is 14.8 Å². The van der Waals surface area contributed by atoms with Crippen molar-refractivity contribution in [3.05, 3.63) is 53.6 Å². The van der Waals surface area contributed by atoms with E-state index < -0.39 is 11.9 Å². The van der Waals surface area contributed by atoms with Gasteiger partial charge in [-0.05, 0) is 43.2 Å². The van der Waals surface area contributed by atoms with Crippen molar-refractivity contribution in [2.45, 2.75) is 26.2 Å². The van der Waals surface area contributed by atoms with Gasteiger partial charge in [-0.1, -0.05) is 19.1 Å². The summed E-state index contributed by atoms with van der Waals surface area (Å²) in [5.74, 6) is -0.863. The zero-order valence-electron chi connectivity index (χ0n) is 15.1. The Hall–Kier alpha value is -3.02. The lowest BCUT2D eigenvalue weighted by atomic mass is 10.0. The quantitative estimate of drug-likeness (QED) is 0.748. The Labute approximate surface area is 152 Å². The third kappa shape index (κ3) is 4.75. The van der Waals surface area contributed by atoms with Crippen molar-refractivity contribution in [1.29, 1.82) is 0 Å². The van der Waals surface area contributed by atoms with Gasteiger partial charge in [-0.15, -0.1) is 0 Å². The highest BCUT2D eigenvalue weighted by Gasteiger charge is 2.17. The van der Waals surface area contributed by atoms with E-state index in [4.69, 9.17) is 14.6 Å². The highest BCUT2D eigenvalue weighted by molar-refractivity contribution is 6.06. The molecule has 0 heterocycles. The molecule has 0 aliphatic heterocycles. The number of benzene rings is 2. The average Bonchev–Trinajstić information content (AvgIpc) is 2.65. The number of carboxylic acid groups (broad SMARTS) is 1. The van der Waals surface area contributed by atoms with E-state index in [9.17, 15) is 9.59 Å². The van der Waals surface area contributed by atoms with Gasteiger partial charge in [-0.25, -0.2) is 0 Å². The second-order valence-electron chi connectivity index (χ2n) is 5.85. The van der Waals surface area contributed by atoms with Gasteiger partial charge in [-0.3, -0.25) is 9.59 Å². The molecule has 0 saturated heterocycles. The first kappa shape index (κ1) is 19.3. The van der Waals surface area contributed by atoms with Crippen LogP contribution in [-0.4, -0.2) is 30.7 Å². The molecule has 0 aliphatic carbocycles. The number of rotatable bonds is 8. The molecule has 26 heavy (non-hydrogen) atoms. The molecule has 6 heteroatoms. The van der Waals surface area contributed by atoms with Crippen LogP contribution in [0.15, 0.2) is 42.5 Å². The molecule has 0 fully saturated rings. The summed E-state index contributed by atoms with van der Waals surface area (Å²) in [6, 6.07) is 11.8. The summed E-state index contributed by atoms with van der Waals surface area (Å²) in [4.78, 5) is 23.8. The molecule has 0 aromatic heterocycles. The summed E-state index contributed by atoms with van der Waals surface area (Å²) in [6.07, 6.45) is 0.813. The van der Waals surface area contributed by atoms with Crippen LogP contribution in [0.25, 0.3) is 0 Å². The van der Waals surface area contributed by atoms with Crippen LogP contribution in [0, 0.1) is 0 Å². The third-order valence-corrected chi connectivity index (χ3v) is 3.91. The molecule has 0 radical (unpaired) electrons. The largest absolute Gasteiger partial charge is 0.497 e. The van der Waals surface area contributed by atoms with Gasteiger partial charge in [0.25, 0.3) is 5.91 Å². The topological polar surface area (TPSA) is 84.9 Å². The predicted octanol–water partition coefficient (Wildman–Crippen LogP) is 3.92. The predicted molar refractivity (Wildman–Crippen MR) is 99.2 cm³/mol. The Morgan fingerprint density at radius 1 is 1.19 bits per heavy atom. The lowest BCUT2D eigenvalue weighted by Crippen LogP contribution is -2.15. The molecule has 2 N–H and O–H groups in total. The van der Waals surface area contributed by atoms with Crippen LogP contribution >= 0.6 is 0 Å². The Bertz CT molecular complexity index is 788. The number of carbonyl (C=O) groups excluding carboxylic acids is 1. The van der Waals surface area contributed by atoms with Crippen LogP contribution in [-0.2, 0) is 4.79 Å². The summed E-state index contributed by atoms with van der Waals surface area (Å²) in [5, 5.41) is 11.9. The first-order valence-corrected chi connectivity index (χ1v) is 8.41. The standard InChI is InChI=1S/C20H23NO5/c1-4-10-26-18-12-16(25-3)8-9-17(18)19(22)21-15-7-5-6-14(11-15)13(2)20(23)24/h5-9,11-13H,4,10H2,1-3H3,(H,21,22)(H,23,24). The van der Waals surface area contributed by atoms with Gasteiger partial charge in [0.05, 0.1) is 25.2 Å². The fraction of sp³-hybridized carbons (Fsp3) is 0.300. The molecule has 1 amide bonds. The molecule has 2 aromatic carbocycles. The van der Waals surface area contributed by atoms with Crippen molar-refractivity contribution in [2.24, 2.45) is 0 Å². The molecule has 0 spiro atoms. The molecule has 6 nitrogen and oxygen atoms in total. The van der Waals surface area contributed by atoms with Crippen molar-refractivity contribution < 1.29 is 24.2 Å². The van der Waals surface area contributed by atoms with Crippen LogP contribution in [0.3, 0.4) is 0 Å². The highest BCUT2D eigenvalue weighted by Crippen LogP contribution is 2.27. The van der Waals surface area contributed by atoms with E-state index in [-0.39, 0.29) is 5.91 Å². The molecule has 138 valence electrons. The molecular weight excluding hydrogens is 334 g/mol. The monoisotopic (exact) mass is 357 g/mol. The maximum absolute atomic E-state index is 12.7. The van der Waals surface area contributed by atoms with Crippen molar-refractivity contribution >= 4 is 17.6 Å². The number of aliphatic carboxylic acids is 1. The maximum atomic E-state index is 12.7. The minimum Gasteiger partial charge on any atom is -0.497 e. The summed E-state index contributed by atoms with van der Waals surface area (Å²) in [6.45, 7) is 4.07. The van der Waals surface area contributed by atoms with Crippen LogP contribution in [0.5, 0.6) is 11.5 Å². The molecule has 1 atom stereocenters. The van der Waals surface area contributed by atoms with E-state index in [2.05, 4.69) is 5.32 Å². The molecule has 0 saturated carbocycles. The molecule has 0 aliphatic rings. The van der Waals surface area contributed by atoms with E-state index in [0.29, 0.717) is 34.9 Å². The number of hydrogen-bond donors (Lipinski definition) is 2. The zero-order valence-corrected chi connectivity index (χ0v) is 15.1. The third-order valence-electron chi connectivity index (χ3n) is 3.91. The van der Waals surface area contributed by atoms with Gasteiger partial charge >= 0.3 is 5.97 Å². The maximum Gasteiger partial charge on any atom is 0.310 e. The number of methoxy groups -OCH3 is 1. The van der Waals surface area contributed by atoms with Crippen molar-refractivity contribution in [2.75, 3.05) is 19.0 Å². The van der Waals surface area contributed by atoms with Crippen molar-refractivity contribution in [1.82, 2.24) is 0 Å². The van der Waals surface area contributed by atoms with Gasteiger partial charge in [0.2, 0.25) is 0 Å². The van der Waals surface area contributed by atoms with Crippen LogP contribution in [0.1, 0.15) is 42.1 Å². The smallest absolute Gasteiger partial charge is 0.310 e. The number of hydrogen-bond acceptors (Lipinski definition) is 4. The summed E-state index contributed by atoms with van der Waals surface area (Å²) in [7, 11) is 1.55. The van der Waals surface area contributed by atoms with Crippen molar-refractivity contribution in [3.63, 3.8) is 0 Å². The van der Waals surface area contributed by atoms with Crippen molar-refractivity contribution in [3.8, 4) is 11.5 Å². The van der Waals surface area contributed by atoms with Crippen LogP contribution in [0.4, 0.5) is 5.69 Å². The Balaban J connectivity index is 2.24. The van der Waals surface area contributed by atoms with Gasteiger partial charge in [0.1, 0.15) is 11.5 Å². The van der Waals surface area contributed by atoms with Gasteiger partial charge < -0.3 is 19.9 Å². The van der Waals surface area contributed by atoms with E-state index in [1.807, 2.05) is 6.92 Å². The number of anilines is 1. The minimum absolute atomic E-state index is 0.334. The van der Waals surface area contributed by atoms with Gasteiger partial charge in [0.15, 0.2) is 0 Å². The fourth-order valence-corrected chi connectivity index (χ4v) is 2.38. The number of nitrogens with one attached hydrogen (secondary N) is 1. The Morgan fingerprint density at radius 2 is 1.96 bits per heavy atom. The normalized spacial score (nSPS) is 11.5. The van der Waals surface area contributed by atoms with E-state index in [0.717, 1.165) is 6.42 Å². The minimum atomic E-state index is -0.918. The van der Waals surface area contributed by atoms with Gasteiger partial charge in [-0.2, -0.15) is 0 Å². The Morgan fingerprint density at radius 3 is 2.62 bits per heavy atom. The van der Waals surface area contributed by atoms with E-state index in [1.54, 1.807) is 56.5 Å². The Kier molecular flexibility index (Phi) is 6.60. The lowest BCUT2D eigenvalue weighted by Gasteiger charge is -2.14. The lowest BCUT2D eigenvalue weighted by molar-refractivity contribution is -0.138. The molecule has 2 rings (SSSR count). The SMILES string of the molecule is CCCOc1cc(OC)ccc1C(=O)Nc1cccc(C(C)C(=O)O)c1. The number of carboxylic acids is 1. The second kappa shape index (κ2) is 8.89. The highest BCUT2D eigenvalue weighted by atomic mass is 16.5. The molecule has 0 bridgehead atoms. The number of amides is 1. The average molecular weight is 357 g/mol. The van der Waals surface area contributed by atoms with Crippen LogP contribution in [0.2, 0.25) is 0 Å². The van der Waals surface area contributed by atoms with E-state index in [1.165, 1.54) is 0 Å². The van der Waals surface area contributed by atoms with E-state index >= 15 is 0 Å². The summed E-state index contributed by atoms with van der Waals surface area (Å²) >= 11 is 0. The molecule has 1 unspecified atom stereocenters. The summed E-state index contributed by atoms with van der Waals surface area (Å²) < 4.78 is 10.8. The molecule has 2 aromatic rings. The molecular formula is C20H23NO5. The zero-order chi connectivity index (χ0) is 19.1. The first-order valence-electron chi connectivity index (χ1n) is 8.41. The second-order valence-corrected chi connectivity index (χ2v) is 5.85.